The number of anilines is 1. The molecule has 0 aliphatic carbocycles. The Kier molecular flexibility index (Phi) is 8.74. The lowest BCUT2D eigenvalue weighted by Gasteiger charge is -2.43. The number of benzene rings is 2. The van der Waals surface area contributed by atoms with Crippen molar-refractivity contribution in [3.63, 3.8) is 0 Å². The SMILES string of the molecule is COc1cc(N2CC(CC3CCNCC3)C2)ccc1Oc1ccc(C(C)(C)O)cc1-c1cn(C)c(=O)c2c1ccn2SI. The van der Waals surface area contributed by atoms with Crippen LogP contribution < -0.4 is 25.2 Å². The maximum atomic E-state index is 13.1. The summed E-state index contributed by atoms with van der Waals surface area (Å²) in [7, 11) is 4.88. The first-order chi connectivity index (χ1) is 20.7. The highest BCUT2D eigenvalue weighted by molar-refractivity contribution is 14.2. The molecule has 2 aliphatic rings. The van der Waals surface area contributed by atoms with Gasteiger partial charge in [0.05, 0.1) is 12.7 Å². The third kappa shape index (κ3) is 6.16. The molecule has 2 fully saturated rings. The molecule has 2 aliphatic heterocycles. The van der Waals surface area contributed by atoms with Crippen LogP contribution in [0.15, 0.2) is 59.7 Å². The van der Waals surface area contributed by atoms with Crippen molar-refractivity contribution < 1.29 is 14.6 Å². The van der Waals surface area contributed by atoms with E-state index in [1.807, 2.05) is 46.7 Å². The summed E-state index contributed by atoms with van der Waals surface area (Å²) in [6, 6.07) is 13.8. The van der Waals surface area contributed by atoms with Gasteiger partial charge in [-0.2, -0.15) is 0 Å². The number of hydrogen-bond donors (Lipinski definition) is 2. The normalized spacial score (nSPS) is 16.5. The number of nitrogens with zero attached hydrogens (tertiary/aromatic N) is 3. The number of methoxy groups -OCH3 is 1. The Bertz CT molecular complexity index is 1680. The Morgan fingerprint density at radius 2 is 1.77 bits per heavy atom. The zero-order valence-corrected chi connectivity index (χ0v) is 28.1. The van der Waals surface area contributed by atoms with Gasteiger partial charge >= 0.3 is 0 Å². The van der Waals surface area contributed by atoms with Gasteiger partial charge in [0.2, 0.25) is 0 Å². The second-order valence-corrected chi connectivity index (χ2v) is 14.1. The lowest BCUT2D eigenvalue weighted by molar-refractivity contribution is 0.0786. The van der Waals surface area contributed by atoms with Gasteiger partial charge in [-0.05, 0) is 93.9 Å². The average Bonchev–Trinajstić information content (AvgIpc) is 3.42. The number of aromatic nitrogens is 2. The van der Waals surface area contributed by atoms with Gasteiger partial charge in [-0.25, -0.2) is 0 Å². The summed E-state index contributed by atoms with van der Waals surface area (Å²) in [4.78, 5) is 15.5. The van der Waals surface area contributed by atoms with Crippen LogP contribution in [0.4, 0.5) is 5.69 Å². The lowest BCUT2D eigenvalue weighted by Crippen LogP contribution is -2.48. The molecule has 0 atom stereocenters. The number of aryl methyl sites for hydroxylation is 1. The number of nitrogens with one attached hydrogen (secondary N) is 1. The molecule has 8 nitrogen and oxygen atoms in total. The highest BCUT2D eigenvalue weighted by atomic mass is 127. The van der Waals surface area contributed by atoms with Gasteiger partial charge in [-0.3, -0.25) is 8.77 Å². The van der Waals surface area contributed by atoms with Crippen LogP contribution in [0.2, 0.25) is 0 Å². The van der Waals surface area contributed by atoms with Crippen molar-refractivity contribution in [1.82, 2.24) is 13.9 Å². The smallest absolute Gasteiger partial charge is 0.275 e. The summed E-state index contributed by atoms with van der Waals surface area (Å²) in [5.74, 6) is 3.48. The average molecular weight is 715 g/mol. The molecule has 10 heteroatoms. The minimum Gasteiger partial charge on any atom is -0.493 e. The van der Waals surface area contributed by atoms with E-state index in [0.29, 0.717) is 22.8 Å². The Morgan fingerprint density at radius 3 is 2.47 bits per heavy atom. The molecule has 228 valence electrons. The van der Waals surface area contributed by atoms with Gasteiger partial charge in [0, 0.05) is 91.1 Å². The summed E-state index contributed by atoms with van der Waals surface area (Å²) >= 11 is 2.18. The molecule has 2 aromatic heterocycles. The van der Waals surface area contributed by atoms with E-state index in [1.54, 1.807) is 32.6 Å². The summed E-state index contributed by atoms with van der Waals surface area (Å²) in [6.07, 6.45) is 7.65. The Labute approximate surface area is 269 Å². The molecule has 0 unspecified atom stereocenters. The summed E-state index contributed by atoms with van der Waals surface area (Å²) in [5.41, 5.74) is 2.99. The van der Waals surface area contributed by atoms with E-state index in [2.05, 4.69) is 43.6 Å². The van der Waals surface area contributed by atoms with Gasteiger partial charge < -0.3 is 29.4 Å². The zero-order chi connectivity index (χ0) is 30.3. The highest BCUT2D eigenvalue weighted by Gasteiger charge is 2.30. The van der Waals surface area contributed by atoms with Crippen LogP contribution in [-0.2, 0) is 12.6 Å². The van der Waals surface area contributed by atoms with E-state index in [9.17, 15) is 9.90 Å². The predicted octanol–water partition coefficient (Wildman–Crippen LogP) is 6.71. The first-order valence-corrected chi connectivity index (χ1v) is 18.2. The zero-order valence-electron chi connectivity index (χ0n) is 25.1. The molecule has 0 bridgehead atoms. The van der Waals surface area contributed by atoms with Crippen molar-refractivity contribution in [2.24, 2.45) is 18.9 Å². The fraction of sp³-hybridized carbons (Fsp3) is 0.424. The summed E-state index contributed by atoms with van der Waals surface area (Å²) in [5, 5.41) is 15.2. The van der Waals surface area contributed by atoms with Crippen molar-refractivity contribution in [3.05, 3.63) is 70.8 Å². The minimum atomic E-state index is -1.06. The molecule has 43 heavy (non-hydrogen) atoms. The fourth-order valence-electron chi connectivity index (χ4n) is 6.39. The highest BCUT2D eigenvalue weighted by Crippen LogP contribution is 2.43. The first kappa shape index (κ1) is 30.4. The number of halogens is 1. The van der Waals surface area contributed by atoms with Crippen LogP contribution in [0.1, 0.15) is 38.7 Å². The van der Waals surface area contributed by atoms with E-state index >= 15 is 0 Å². The topological polar surface area (TPSA) is 80.9 Å². The molecule has 6 rings (SSSR count). The van der Waals surface area contributed by atoms with Crippen LogP contribution in [-0.4, -0.2) is 46.9 Å². The number of fused-ring (bicyclic) bond motifs is 1. The van der Waals surface area contributed by atoms with Crippen LogP contribution in [0.5, 0.6) is 17.2 Å². The summed E-state index contributed by atoms with van der Waals surface area (Å²) < 4.78 is 15.9. The van der Waals surface area contributed by atoms with Crippen molar-refractivity contribution in [1.29, 1.82) is 0 Å². The molecule has 0 saturated carbocycles. The minimum absolute atomic E-state index is 0.0738. The van der Waals surface area contributed by atoms with E-state index in [1.165, 1.54) is 28.4 Å². The Hall–Kier alpha value is -2.67. The number of hydrogen-bond acceptors (Lipinski definition) is 7. The van der Waals surface area contributed by atoms with Crippen molar-refractivity contribution in [3.8, 4) is 28.4 Å². The maximum absolute atomic E-state index is 13.1. The molecule has 0 spiro atoms. The maximum Gasteiger partial charge on any atom is 0.275 e. The number of aliphatic hydroxyl groups is 1. The molecule has 4 aromatic rings. The number of pyridine rings is 1. The van der Waals surface area contributed by atoms with Crippen molar-refractivity contribution in [2.45, 2.75) is 38.7 Å². The van der Waals surface area contributed by atoms with Gasteiger partial charge in [0.1, 0.15) is 11.3 Å². The van der Waals surface area contributed by atoms with Crippen molar-refractivity contribution in [2.75, 3.05) is 38.2 Å². The van der Waals surface area contributed by atoms with E-state index < -0.39 is 5.60 Å². The van der Waals surface area contributed by atoms with E-state index in [0.717, 1.165) is 65.8 Å². The van der Waals surface area contributed by atoms with Crippen LogP contribution >= 0.6 is 30.3 Å². The molecule has 4 heterocycles. The largest absolute Gasteiger partial charge is 0.493 e. The number of rotatable bonds is 9. The molecule has 2 N–H and O–H groups in total. The lowest BCUT2D eigenvalue weighted by atomic mass is 9.84. The fourth-order valence-corrected chi connectivity index (χ4v) is 7.72. The second-order valence-electron chi connectivity index (χ2n) is 12.3. The predicted molar refractivity (Wildman–Crippen MR) is 184 cm³/mol. The molecular formula is C33H39IN4O4S. The van der Waals surface area contributed by atoms with Crippen molar-refractivity contribution >= 4 is 46.9 Å². The molecular weight excluding hydrogens is 675 g/mol. The van der Waals surface area contributed by atoms with E-state index in [-0.39, 0.29) is 5.56 Å². The van der Waals surface area contributed by atoms with Gasteiger partial charge in [0.15, 0.2) is 11.5 Å². The second kappa shape index (κ2) is 12.4. The first-order valence-electron chi connectivity index (χ1n) is 14.8. The molecule has 0 radical (unpaired) electrons. The third-order valence-electron chi connectivity index (χ3n) is 8.85. The monoisotopic (exact) mass is 714 g/mol. The van der Waals surface area contributed by atoms with Crippen LogP contribution in [0, 0.1) is 11.8 Å². The number of piperidine rings is 1. The summed E-state index contributed by atoms with van der Waals surface area (Å²) in [6.45, 7) is 7.99. The van der Waals surface area contributed by atoms with Gasteiger partial charge in [-0.15, -0.1) is 0 Å². The van der Waals surface area contributed by atoms with Gasteiger partial charge in [-0.1, -0.05) is 6.07 Å². The quantitative estimate of drug-likeness (QED) is 0.187. The number of ether oxygens (including phenoxy) is 2. The van der Waals surface area contributed by atoms with Gasteiger partial charge in [0.25, 0.3) is 5.56 Å². The molecule has 2 saturated heterocycles. The van der Waals surface area contributed by atoms with E-state index in [4.69, 9.17) is 9.47 Å². The molecule has 0 amide bonds. The molecule has 2 aromatic carbocycles. The van der Waals surface area contributed by atoms with Crippen LogP contribution in [0.25, 0.3) is 22.0 Å². The standard InChI is InChI=1S/C33H39IN4O4S/c1-33(2,40)23-5-7-28(26(16-23)27-20-36(3)32(39)31-25(27)11-14-38(31)43-34)42-29-8-6-24(17-30(29)41-4)37-18-22(19-37)15-21-9-12-35-13-10-21/h5-8,11,14,16-17,20-22,35,40H,9-10,12-13,15,18-19H2,1-4H3. The van der Waals surface area contributed by atoms with Crippen LogP contribution in [0.3, 0.4) is 0 Å². The Morgan fingerprint density at radius 1 is 1.02 bits per heavy atom. The Balaban J connectivity index is 1.31. The third-order valence-corrected chi connectivity index (χ3v) is 10.6.